The molecule has 0 aliphatic carbocycles. The molecule has 0 radical (unpaired) electrons. The van der Waals surface area contributed by atoms with E-state index in [1.807, 2.05) is 12.1 Å². The van der Waals surface area contributed by atoms with E-state index in [9.17, 15) is 4.79 Å². The van der Waals surface area contributed by atoms with Gasteiger partial charge in [-0.1, -0.05) is 11.6 Å². The lowest BCUT2D eigenvalue weighted by atomic mass is 10.2. The highest BCUT2D eigenvalue weighted by atomic mass is 35.5. The Morgan fingerprint density at radius 2 is 2.17 bits per heavy atom. The Balaban J connectivity index is 1.88. The van der Waals surface area contributed by atoms with Crippen LogP contribution in [0.1, 0.15) is 16.1 Å². The SMILES string of the molecule is Nc1n[nH]c(C(=O)NCCc2ccncc2)c1Cl. The summed E-state index contributed by atoms with van der Waals surface area (Å²) in [7, 11) is 0. The van der Waals surface area contributed by atoms with Gasteiger partial charge < -0.3 is 11.1 Å². The summed E-state index contributed by atoms with van der Waals surface area (Å²) in [6, 6.07) is 3.79. The van der Waals surface area contributed by atoms with E-state index < -0.39 is 0 Å². The van der Waals surface area contributed by atoms with E-state index in [-0.39, 0.29) is 22.4 Å². The van der Waals surface area contributed by atoms with E-state index in [1.54, 1.807) is 12.4 Å². The smallest absolute Gasteiger partial charge is 0.270 e. The van der Waals surface area contributed by atoms with Crippen molar-refractivity contribution in [2.75, 3.05) is 12.3 Å². The molecule has 2 rings (SSSR count). The van der Waals surface area contributed by atoms with Crippen LogP contribution in [-0.4, -0.2) is 27.6 Å². The van der Waals surface area contributed by atoms with Gasteiger partial charge in [-0.05, 0) is 24.1 Å². The van der Waals surface area contributed by atoms with Gasteiger partial charge in [0.2, 0.25) is 0 Å². The van der Waals surface area contributed by atoms with E-state index in [0.29, 0.717) is 6.54 Å². The lowest BCUT2D eigenvalue weighted by Crippen LogP contribution is -2.26. The molecule has 94 valence electrons. The average molecular weight is 266 g/mol. The highest BCUT2D eigenvalue weighted by molar-refractivity contribution is 6.35. The first-order valence-electron chi connectivity index (χ1n) is 5.35. The van der Waals surface area contributed by atoms with Crippen molar-refractivity contribution in [3.63, 3.8) is 0 Å². The first-order chi connectivity index (χ1) is 8.68. The highest BCUT2D eigenvalue weighted by Crippen LogP contribution is 2.19. The third-order valence-corrected chi connectivity index (χ3v) is 2.79. The average Bonchev–Trinajstić information content (AvgIpc) is 2.71. The van der Waals surface area contributed by atoms with Crippen molar-refractivity contribution in [1.82, 2.24) is 20.5 Å². The van der Waals surface area contributed by atoms with Crippen LogP contribution in [0.15, 0.2) is 24.5 Å². The minimum Gasteiger partial charge on any atom is -0.381 e. The van der Waals surface area contributed by atoms with Crippen LogP contribution in [0.2, 0.25) is 5.02 Å². The van der Waals surface area contributed by atoms with Gasteiger partial charge in [0.1, 0.15) is 10.7 Å². The van der Waals surface area contributed by atoms with Crippen LogP contribution in [0.25, 0.3) is 0 Å². The fourth-order valence-corrected chi connectivity index (χ4v) is 1.62. The Hall–Kier alpha value is -2.08. The number of nitrogens with zero attached hydrogens (tertiary/aromatic N) is 2. The number of amides is 1. The summed E-state index contributed by atoms with van der Waals surface area (Å²) >= 11 is 5.81. The fourth-order valence-electron chi connectivity index (χ4n) is 1.45. The minimum absolute atomic E-state index is 0.121. The number of halogens is 1. The maximum absolute atomic E-state index is 11.7. The van der Waals surface area contributed by atoms with Crippen LogP contribution >= 0.6 is 11.6 Å². The van der Waals surface area contributed by atoms with Gasteiger partial charge in [-0.3, -0.25) is 14.9 Å². The molecule has 0 atom stereocenters. The third-order valence-electron chi connectivity index (χ3n) is 2.41. The van der Waals surface area contributed by atoms with Gasteiger partial charge >= 0.3 is 0 Å². The van der Waals surface area contributed by atoms with Crippen molar-refractivity contribution in [1.29, 1.82) is 0 Å². The predicted octanol–water partition coefficient (Wildman–Crippen LogP) is 1.01. The van der Waals surface area contributed by atoms with E-state index >= 15 is 0 Å². The maximum atomic E-state index is 11.7. The number of nitrogens with one attached hydrogen (secondary N) is 2. The second kappa shape index (κ2) is 5.50. The molecule has 0 saturated heterocycles. The van der Waals surface area contributed by atoms with Gasteiger partial charge in [0.15, 0.2) is 5.82 Å². The number of anilines is 1. The molecule has 2 aromatic heterocycles. The van der Waals surface area contributed by atoms with Crippen molar-refractivity contribution in [2.24, 2.45) is 0 Å². The van der Waals surface area contributed by atoms with Gasteiger partial charge in [-0.25, -0.2) is 0 Å². The van der Waals surface area contributed by atoms with Crippen molar-refractivity contribution in [2.45, 2.75) is 6.42 Å². The number of aromatic nitrogens is 3. The standard InChI is InChI=1S/C11H12ClN5O/c12-8-9(16-17-10(8)13)11(18)15-6-3-7-1-4-14-5-2-7/h1-2,4-5H,3,6H2,(H,15,18)(H3,13,16,17). The van der Waals surface area contributed by atoms with Crippen LogP contribution in [0.5, 0.6) is 0 Å². The number of pyridine rings is 1. The number of rotatable bonds is 4. The zero-order valence-electron chi connectivity index (χ0n) is 9.48. The Kier molecular flexibility index (Phi) is 3.78. The highest BCUT2D eigenvalue weighted by Gasteiger charge is 2.15. The molecule has 2 aromatic rings. The molecule has 6 nitrogen and oxygen atoms in total. The number of nitrogen functional groups attached to an aromatic ring is 1. The molecule has 0 fully saturated rings. The van der Waals surface area contributed by atoms with Crippen LogP contribution < -0.4 is 11.1 Å². The largest absolute Gasteiger partial charge is 0.381 e. The Labute approximate surface area is 109 Å². The molecule has 0 aromatic carbocycles. The molecule has 0 saturated carbocycles. The topological polar surface area (TPSA) is 96.7 Å². The zero-order chi connectivity index (χ0) is 13.0. The van der Waals surface area contributed by atoms with E-state index in [0.717, 1.165) is 12.0 Å². The fraction of sp³-hybridized carbons (Fsp3) is 0.182. The van der Waals surface area contributed by atoms with Crippen molar-refractivity contribution in [3.05, 3.63) is 40.8 Å². The van der Waals surface area contributed by atoms with Crippen LogP contribution in [0.3, 0.4) is 0 Å². The number of carbonyl (C=O) groups excluding carboxylic acids is 1. The van der Waals surface area contributed by atoms with E-state index in [1.165, 1.54) is 0 Å². The predicted molar refractivity (Wildman–Crippen MR) is 68.3 cm³/mol. The lowest BCUT2D eigenvalue weighted by molar-refractivity contribution is 0.0949. The monoisotopic (exact) mass is 265 g/mol. The quantitative estimate of drug-likeness (QED) is 0.769. The van der Waals surface area contributed by atoms with Gasteiger partial charge in [0.25, 0.3) is 5.91 Å². The molecule has 0 aliphatic heterocycles. The molecular weight excluding hydrogens is 254 g/mol. The van der Waals surface area contributed by atoms with Crippen molar-refractivity contribution in [3.8, 4) is 0 Å². The number of aromatic amines is 1. The molecule has 0 aliphatic rings. The summed E-state index contributed by atoms with van der Waals surface area (Å²) in [5, 5.41) is 9.03. The summed E-state index contributed by atoms with van der Waals surface area (Å²) in [4.78, 5) is 15.7. The number of hydrogen-bond donors (Lipinski definition) is 3. The number of H-pyrrole nitrogens is 1. The molecule has 1 amide bonds. The van der Waals surface area contributed by atoms with E-state index in [2.05, 4.69) is 20.5 Å². The second-order valence-corrected chi connectivity index (χ2v) is 4.04. The van der Waals surface area contributed by atoms with Crippen molar-refractivity contribution < 1.29 is 4.79 Å². The summed E-state index contributed by atoms with van der Waals surface area (Å²) in [5.41, 5.74) is 6.72. The normalized spacial score (nSPS) is 10.3. The van der Waals surface area contributed by atoms with Gasteiger partial charge in [0.05, 0.1) is 0 Å². The summed E-state index contributed by atoms with van der Waals surface area (Å²) in [5.74, 6) is -0.200. The van der Waals surface area contributed by atoms with Crippen LogP contribution in [0, 0.1) is 0 Å². The van der Waals surface area contributed by atoms with Crippen LogP contribution in [-0.2, 0) is 6.42 Å². The number of hydrogen-bond acceptors (Lipinski definition) is 4. The molecule has 7 heteroatoms. The summed E-state index contributed by atoms with van der Waals surface area (Å²) in [6.45, 7) is 0.498. The molecular formula is C11H12ClN5O. The molecule has 4 N–H and O–H groups in total. The minimum atomic E-state index is -0.321. The first kappa shape index (κ1) is 12.4. The Morgan fingerprint density at radius 1 is 1.44 bits per heavy atom. The van der Waals surface area contributed by atoms with Crippen molar-refractivity contribution >= 4 is 23.3 Å². The Bertz CT molecular complexity index is 540. The zero-order valence-corrected chi connectivity index (χ0v) is 10.2. The molecule has 0 unspecified atom stereocenters. The molecule has 0 bridgehead atoms. The van der Waals surface area contributed by atoms with Gasteiger partial charge in [-0.15, -0.1) is 0 Å². The van der Waals surface area contributed by atoms with Gasteiger partial charge in [0, 0.05) is 18.9 Å². The van der Waals surface area contributed by atoms with Crippen LogP contribution in [0.4, 0.5) is 5.82 Å². The molecule has 2 heterocycles. The molecule has 18 heavy (non-hydrogen) atoms. The molecule has 0 spiro atoms. The number of nitrogens with two attached hydrogens (primary N) is 1. The van der Waals surface area contributed by atoms with E-state index in [4.69, 9.17) is 17.3 Å². The maximum Gasteiger partial charge on any atom is 0.270 e. The Morgan fingerprint density at radius 3 is 2.78 bits per heavy atom. The first-order valence-corrected chi connectivity index (χ1v) is 5.72. The summed E-state index contributed by atoms with van der Waals surface area (Å²) in [6.07, 6.45) is 4.14. The summed E-state index contributed by atoms with van der Waals surface area (Å²) < 4.78 is 0. The third kappa shape index (κ3) is 2.78. The second-order valence-electron chi connectivity index (χ2n) is 3.66. The lowest BCUT2D eigenvalue weighted by Gasteiger charge is -2.03. The number of carbonyl (C=O) groups is 1. The van der Waals surface area contributed by atoms with Gasteiger partial charge in [-0.2, -0.15) is 5.10 Å².